The Bertz CT molecular complexity index is 319. The highest BCUT2D eigenvalue weighted by Gasteiger charge is 2.46. The Morgan fingerprint density at radius 1 is 1.21 bits per heavy atom. The second-order valence-corrected chi connectivity index (χ2v) is 2.72. The maximum absolute atomic E-state index is 12.3. The van der Waals surface area contributed by atoms with E-state index in [0.717, 1.165) is 12.1 Å². The number of carboxylic acid groups (broad SMARTS) is 1. The molecule has 0 spiro atoms. The smallest absolute Gasteiger partial charge is 0.406 e. The number of benzene rings is 1. The van der Waals surface area contributed by atoms with Crippen molar-refractivity contribution in [3.05, 3.63) is 35.9 Å². The zero-order chi connectivity index (χ0) is 10.8. The van der Waals surface area contributed by atoms with Gasteiger partial charge in [0.15, 0.2) is 5.92 Å². The van der Waals surface area contributed by atoms with Crippen molar-refractivity contribution in [2.75, 3.05) is 0 Å². The van der Waals surface area contributed by atoms with Crippen LogP contribution in [0.3, 0.4) is 0 Å². The average Bonchev–Trinajstić information content (AvgIpc) is 2.02. The number of halogens is 3. The molecule has 0 radical (unpaired) electrons. The van der Waals surface area contributed by atoms with Crippen LogP contribution in [0.15, 0.2) is 30.3 Å². The van der Waals surface area contributed by atoms with E-state index in [4.69, 9.17) is 5.11 Å². The van der Waals surface area contributed by atoms with Gasteiger partial charge in [-0.05, 0) is 5.56 Å². The first-order valence-electron chi connectivity index (χ1n) is 3.77. The van der Waals surface area contributed by atoms with Crippen LogP contribution in [-0.2, 0) is 4.79 Å². The summed E-state index contributed by atoms with van der Waals surface area (Å²) in [5.41, 5.74) is -0.257. The van der Waals surface area contributed by atoms with Crippen molar-refractivity contribution in [2.45, 2.75) is 12.1 Å². The van der Waals surface area contributed by atoms with Gasteiger partial charge in [0.1, 0.15) is 0 Å². The molecule has 1 aromatic rings. The number of carbonyl (C=O) groups is 1. The van der Waals surface area contributed by atoms with Gasteiger partial charge in [-0.1, -0.05) is 30.3 Å². The van der Waals surface area contributed by atoms with Crippen molar-refractivity contribution in [3.63, 3.8) is 0 Å². The molecule has 0 aliphatic heterocycles. The summed E-state index contributed by atoms with van der Waals surface area (Å²) in [6, 6.07) is 6.56. The Hall–Kier alpha value is -1.52. The minimum absolute atomic E-state index is 0.257. The summed E-state index contributed by atoms with van der Waals surface area (Å²) in [4.78, 5) is 10.4. The molecule has 1 N–H and O–H groups in total. The maximum atomic E-state index is 12.3. The number of rotatable bonds is 2. The van der Waals surface area contributed by atoms with Gasteiger partial charge < -0.3 is 5.11 Å². The van der Waals surface area contributed by atoms with Crippen LogP contribution < -0.4 is 0 Å². The van der Waals surface area contributed by atoms with E-state index in [1.807, 2.05) is 0 Å². The van der Waals surface area contributed by atoms with Gasteiger partial charge in [0.2, 0.25) is 0 Å². The van der Waals surface area contributed by atoms with Gasteiger partial charge in [-0.15, -0.1) is 0 Å². The molecular formula is C9H7F3O2. The first-order valence-corrected chi connectivity index (χ1v) is 3.77. The molecule has 1 rings (SSSR count). The van der Waals surface area contributed by atoms with Crippen LogP contribution in [0.2, 0.25) is 0 Å². The Morgan fingerprint density at radius 2 is 1.71 bits per heavy atom. The van der Waals surface area contributed by atoms with E-state index in [1.54, 1.807) is 0 Å². The van der Waals surface area contributed by atoms with Gasteiger partial charge in [-0.2, -0.15) is 13.2 Å². The van der Waals surface area contributed by atoms with Crippen LogP contribution in [0.4, 0.5) is 13.2 Å². The quantitative estimate of drug-likeness (QED) is 0.803. The monoisotopic (exact) mass is 204 g/mol. The molecular weight excluding hydrogens is 197 g/mol. The fourth-order valence-electron chi connectivity index (χ4n) is 1.12. The van der Waals surface area contributed by atoms with E-state index in [1.165, 1.54) is 18.2 Å². The van der Waals surface area contributed by atoms with Gasteiger partial charge >= 0.3 is 12.1 Å². The maximum Gasteiger partial charge on any atom is 0.406 e. The second-order valence-electron chi connectivity index (χ2n) is 2.72. The molecule has 2 nitrogen and oxygen atoms in total. The Balaban J connectivity index is 3.08. The van der Waals surface area contributed by atoms with Crippen LogP contribution in [-0.4, -0.2) is 17.3 Å². The number of hydrogen-bond acceptors (Lipinski definition) is 1. The summed E-state index contributed by atoms with van der Waals surface area (Å²) in [5, 5.41) is 8.44. The second kappa shape index (κ2) is 3.69. The Morgan fingerprint density at radius 3 is 2.07 bits per heavy atom. The van der Waals surface area contributed by atoms with Gasteiger partial charge in [-0.25, -0.2) is 0 Å². The normalized spacial score (nSPS) is 13.6. The highest BCUT2D eigenvalue weighted by molar-refractivity contribution is 5.77. The van der Waals surface area contributed by atoms with Crippen molar-refractivity contribution in [2.24, 2.45) is 0 Å². The first kappa shape index (κ1) is 10.6. The largest absolute Gasteiger partial charge is 0.481 e. The lowest BCUT2D eigenvalue weighted by molar-refractivity contribution is -0.176. The van der Waals surface area contributed by atoms with Crippen LogP contribution in [0.25, 0.3) is 0 Å². The number of carboxylic acids is 1. The molecule has 76 valence electrons. The molecule has 0 heterocycles. The molecule has 0 bridgehead atoms. The van der Waals surface area contributed by atoms with E-state index in [2.05, 4.69) is 0 Å². The van der Waals surface area contributed by atoms with Gasteiger partial charge in [0, 0.05) is 0 Å². The molecule has 0 aromatic heterocycles. The van der Waals surface area contributed by atoms with E-state index >= 15 is 0 Å². The fourth-order valence-corrected chi connectivity index (χ4v) is 1.12. The van der Waals surface area contributed by atoms with Crippen LogP contribution in [0.1, 0.15) is 11.5 Å². The van der Waals surface area contributed by atoms with Gasteiger partial charge in [0.25, 0.3) is 0 Å². The third kappa shape index (κ3) is 2.25. The molecule has 14 heavy (non-hydrogen) atoms. The molecule has 0 unspecified atom stereocenters. The minimum atomic E-state index is -4.76. The van der Waals surface area contributed by atoms with Crippen molar-refractivity contribution in [1.29, 1.82) is 0 Å². The predicted molar refractivity (Wildman–Crippen MR) is 42.9 cm³/mol. The summed E-state index contributed by atoms with van der Waals surface area (Å²) < 4.78 is 36.8. The van der Waals surface area contributed by atoms with E-state index in [-0.39, 0.29) is 5.56 Å². The van der Waals surface area contributed by atoms with Crippen LogP contribution in [0, 0.1) is 0 Å². The minimum Gasteiger partial charge on any atom is -0.481 e. The first-order chi connectivity index (χ1) is 6.43. The summed E-state index contributed by atoms with van der Waals surface area (Å²) in [6.45, 7) is 0. The summed E-state index contributed by atoms with van der Waals surface area (Å²) in [6.07, 6.45) is -4.76. The standard InChI is InChI=1S/C9H7F3O2/c10-9(11,12)7(8(13)14)6-4-2-1-3-5-6/h1-5,7H,(H,13,14)/t7-/m1/s1. The third-order valence-corrected chi connectivity index (χ3v) is 1.71. The van der Waals surface area contributed by atoms with Crippen LogP contribution in [0.5, 0.6) is 0 Å². The van der Waals surface area contributed by atoms with Crippen molar-refractivity contribution < 1.29 is 23.1 Å². The molecule has 0 aliphatic rings. The average molecular weight is 204 g/mol. The lowest BCUT2D eigenvalue weighted by atomic mass is 9.99. The molecule has 0 saturated heterocycles. The van der Waals surface area contributed by atoms with Crippen LogP contribution >= 0.6 is 0 Å². The fraction of sp³-hybridized carbons (Fsp3) is 0.222. The zero-order valence-electron chi connectivity index (χ0n) is 6.95. The van der Waals surface area contributed by atoms with E-state index < -0.39 is 18.1 Å². The lowest BCUT2D eigenvalue weighted by Gasteiger charge is -2.15. The molecule has 5 heteroatoms. The number of alkyl halides is 3. The lowest BCUT2D eigenvalue weighted by Crippen LogP contribution is -2.28. The van der Waals surface area contributed by atoms with Crippen molar-refractivity contribution in [3.8, 4) is 0 Å². The topological polar surface area (TPSA) is 37.3 Å². The summed E-state index contributed by atoms with van der Waals surface area (Å²) in [5.74, 6) is -4.33. The molecule has 0 aliphatic carbocycles. The van der Waals surface area contributed by atoms with Gasteiger partial charge in [-0.3, -0.25) is 4.79 Å². The van der Waals surface area contributed by atoms with Gasteiger partial charge in [0.05, 0.1) is 0 Å². The molecule has 0 amide bonds. The summed E-state index contributed by atoms with van der Waals surface area (Å²) >= 11 is 0. The summed E-state index contributed by atoms with van der Waals surface area (Å²) in [7, 11) is 0. The molecule has 1 atom stereocenters. The Labute approximate surface area is 78.0 Å². The number of hydrogen-bond donors (Lipinski definition) is 1. The highest BCUT2D eigenvalue weighted by atomic mass is 19.4. The molecule has 0 saturated carbocycles. The highest BCUT2D eigenvalue weighted by Crippen LogP contribution is 2.34. The zero-order valence-corrected chi connectivity index (χ0v) is 6.95. The predicted octanol–water partition coefficient (Wildman–Crippen LogP) is 2.42. The third-order valence-electron chi connectivity index (χ3n) is 1.71. The van der Waals surface area contributed by atoms with Crippen molar-refractivity contribution in [1.82, 2.24) is 0 Å². The SMILES string of the molecule is O=C(O)[C@@H](c1ccccc1)C(F)(F)F. The Kier molecular flexibility index (Phi) is 2.78. The van der Waals surface area contributed by atoms with E-state index in [9.17, 15) is 18.0 Å². The molecule has 1 aromatic carbocycles. The van der Waals surface area contributed by atoms with E-state index in [0.29, 0.717) is 0 Å². The molecule has 0 fully saturated rings. The van der Waals surface area contributed by atoms with Crippen molar-refractivity contribution >= 4 is 5.97 Å². The number of aliphatic carboxylic acids is 1.